The second kappa shape index (κ2) is 8.35. The standard InChI is InChI=1S/C22H29N3O3/c1-3-16-7-4-5-11-25(16)12-6-10-23-22(26)20-18-14-27-19-9-8-15(2)13-17(19)21(18)28-24-20/h8-9,13,16H,3-7,10-12,14H2,1-2H3,(H,23,26). The highest BCUT2D eigenvalue weighted by atomic mass is 16.5. The number of nitrogens with zero attached hydrogens (tertiary/aromatic N) is 2. The number of piperidine rings is 1. The van der Waals surface area contributed by atoms with Gasteiger partial charge in [0.25, 0.3) is 5.91 Å². The van der Waals surface area contributed by atoms with E-state index in [0.29, 0.717) is 30.6 Å². The molecule has 1 amide bonds. The Labute approximate surface area is 166 Å². The summed E-state index contributed by atoms with van der Waals surface area (Å²) in [5.41, 5.74) is 3.05. The lowest BCUT2D eigenvalue weighted by atomic mass is 10.00. The van der Waals surface area contributed by atoms with E-state index in [2.05, 4.69) is 22.3 Å². The van der Waals surface area contributed by atoms with E-state index in [1.54, 1.807) is 0 Å². The molecule has 1 aromatic heterocycles. The highest BCUT2D eigenvalue weighted by molar-refractivity contribution is 5.95. The van der Waals surface area contributed by atoms with Crippen molar-refractivity contribution in [2.24, 2.45) is 0 Å². The first-order valence-corrected chi connectivity index (χ1v) is 10.4. The molecule has 2 aliphatic heterocycles. The molecular weight excluding hydrogens is 354 g/mol. The summed E-state index contributed by atoms with van der Waals surface area (Å²) < 4.78 is 11.3. The maximum Gasteiger partial charge on any atom is 0.273 e. The van der Waals surface area contributed by atoms with E-state index in [-0.39, 0.29) is 5.91 Å². The number of rotatable bonds is 6. The smallest absolute Gasteiger partial charge is 0.273 e. The van der Waals surface area contributed by atoms with Gasteiger partial charge in [0, 0.05) is 19.1 Å². The van der Waals surface area contributed by atoms with E-state index in [0.717, 1.165) is 35.4 Å². The summed E-state index contributed by atoms with van der Waals surface area (Å²) in [5, 5.41) is 7.04. The summed E-state index contributed by atoms with van der Waals surface area (Å²) in [4.78, 5) is 15.2. The Morgan fingerprint density at radius 2 is 2.25 bits per heavy atom. The van der Waals surface area contributed by atoms with Crippen LogP contribution in [0.25, 0.3) is 11.3 Å². The van der Waals surface area contributed by atoms with Crippen molar-refractivity contribution >= 4 is 5.91 Å². The van der Waals surface area contributed by atoms with Crippen LogP contribution in [0.15, 0.2) is 22.7 Å². The monoisotopic (exact) mass is 383 g/mol. The molecule has 0 saturated carbocycles. The summed E-state index contributed by atoms with van der Waals surface area (Å²) in [6, 6.07) is 6.63. The molecule has 1 fully saturated rings. The molecule has 0 spiro atoms. The predicted octanol–water partition coefficient (Wildman–Crippen LogP) is 3.93. The number of hydrogen-bond acceptors (Lipinski definition) is 5. The molecule has 3 heterocycles. The van der Waals surface area contributed by atoms with Crippen LogP contribution in [0.5, 0.6) is 5.75 Å². The Bertz CT molecular complexity index is 846. The van der Waals surface area contributed by atoms with Gasteiger partial charge in [-0.15, -0.1) is 0 Å². The molecular formula is C22H29N3O3. The number of benzene rings is 1. The average molecular weight is 383 g/mol. The van der Waals surface area contributed by atoms with E-state index in [9.17, 15) is 4.79 Å². The molecule has 2 aromatic rings. The minimum Gasteiger partial charge on any atom is -0.488 e. The number of carbonyl (C=O) groups excluding carboxylic acids is 1. The van der Waals surface area contributed by atoms with E-state index in [1.807, 2.05) is 25.1 Å². The molecule has 150 valence electrons. The maximum atomic E-state index is 12.6. The first kappa shape index (κ1) is 19.0. The number of fused-ring (bicyclic) bond motifs is 3. The molecule has 28 heavy (non-hydrogen) atoms. The first-order chi connectivity index (χ1) is 13.7. The van der Waals surface area contributed by atoms with Crippen molar-refractivity contribution in [2.45, 2.75) is 58.6 Å². The quantitative estimate of drug-likeness (QED) is 0.766. The summed E-state index contributed by atoms with van der Waals surface area (Å²) in [6.07, 6.45) is 6.08. The molecule has 2 aliphatic rings. The number of likely N-dealkylation sites (tertiary alicyclic amines) is 1. The van der Waals surface area contributed by atoms with Gasteiger partial charge in [0.15, 0.2) is 11.5 Å². The number of ether oxygens (including phenoxy) is 1. The van der Waals surface area contributed by atoms with Crippen molar-refractivity contribution in [1.82, 2.24) is 15.4 Å². The van der Waals surface area contributed by atoms with Gasteiger partial charge in [0.1, 0.15) is 12.4 Å². The zero-order valence-corrected chi connectivity index (χ0v) is 16.8. The van der Waals surface area contributed by atoms with E-state index in [4.69, 9.17) is 9.26 Å². The topological polar surface area (TPSA) is 67.6 Å². The molecule has 1 saturated heterocycles. The SMILES string of the molecule is CCC1CCCCN1CCCNC(=O)c1noc2c1COc1ccc(C)cc1-2. The lowest BCUT2D eigenvalue weighted by Crippen LogP contribution is -2.40. The fourth-order valence-electron chi connectivity index (χ4n) is 4.31. The van der Waals surface area contributed by atoms with Crippen molar-refractivity contribution in [2.75, 3.05) is 19.6 Å². The first-order valence-electron chi connectivity index (χ1n) is 10.4. The van der Waals surface area contributed by atoms with Crippen LogP contribution in [-0.2, 0) is 6.61 Å². The third-order valence-electron chi connectivity index (χ3n) is 5.88. The highest BCUT2D eigenvalue weighted by Gasteiger charge is 2.29. The normalized spacial score (nSPS) is 18.9. The number of aromatic nitrogens is 1. The largest absolute Gasteiger partial charge is 0.488 e. The molecule has 1 aromatic carbocycles. The molecule has 4 rings (SSSR count). The van der Waals surface area contributed by atoms with Gasteiger partial charge in [-0.25, -0.2) is 0 Å². The van der Waals surface area contributed by atoms with Crippen molar-refractivity contribution in [1.29, 1.82) is 0 Å². The van der Waals surface area contributed by atoms with Gasteiger partial charge in [-0.2, -0.15) is 0 Å². The number of nitrogens with one attached hydrogen (secondary N) is 1. The minimum absolute atomic E-state index is 0.185. The van der Waals surface area contributed by atoms with Crippen LogP contribution >= 0.6 is 0 Å². The van der Waals surface area contributed by atoms with Crippen LogP contribution in [0.1, 0.15) is 60.6 Å². The summed E-state index contributed by atoms with van der Waals surface area (Å²) in [7, 11) is 0. The third-order valence-corrected chi connectivity index (χ3v) is 5.88. The molecule has 1 unspecified atom stereocenters. The average Bonchev–Trinajstić information content (AvgIpc) is 3.16. The van der Waals surface area contributed by atoms with E-state index < -0.39 is 0 Å². The Balaban J connectivity index is 1.35. The van der Waals surface area contributed by atoms with Gasteiger partial charge >= 0.3 is 0 Å². The van der Waals surface area contributed by atoms with E-state index in [1.165, 1.54) is 32.2 Å². The molecule has 0 radical (unpaired) electrons. The molecule has 6 heteroatoms. The summed E-state index contributed by atoms with van der Waals surface area (Å²) >= 11 is 0. The van der Waals surface area contributed by atoms with Crippen molar-refractivity contribution in [3.8, 4) is 17.1 Å². The molecule has 0 bridgehead atoms. The van der Waals surface area contributed by atoms with Crippen LogP contribution in [-0.4, -0.2) is 41.6 Å². The fraction of sp³-hybridized carbons (Fsp3) is 0.545. The van der Waals surface area contributed by atoms with Crippen molar-refractivity contribution in [3.63, 3.8) is 0 Å². The predicted molar refractivity (Wildman–Crippen MR) is 107 cm³/mol. The second-order valence-electron chi connectivity index (χ2n) is 7.83. The van der Waals surface area contributed by atoms with Gasteiger partial charge in [0.05, 0.1) is 11.1 Å². The van der Waals surface area contributed by atoms with Gasteiger partial charge in [-0.3, -0.25) is 4.79 Å². The van der Waals surface area contributed by atoms with Gasteiger partial charge in [-0.1, -0.05) is 30.1 Å². The van der Waals surface area contributed by atoms with Crippen LogP contribution in [0.2, 0.25) is 0 Å². The zero-order chi connectivity index (χ0) is 19.5. The highest BCUT2D eigenvalue weighted by Crippen LogP contribution is 2.39. The fourth-order valence-corrected chi connectivity index (χ4v) is 4.31. The summed E-state index contributed by atoms with van der Waals surface area (Å²) in [5.74, 6) is 1.23. The van der Waals surface area contributed by atoms with Crippen molar-refractivity contribution < 1.29 is 14.1 Å². The zero-order valence-electron chi connectivity index (χ0n) is 16.8. The van der Waals surface area contributed by atoms with Gasteiger partial charge < -0.3 is 19.5 Å². The van der Waals surface area contributed by atoms with Gasteiger partial charge in [0.2, 0.25) is 0 Å². The van der Waals surface area contributed by atoms with Gasteiger partial charge in [-0.05, 0) is 51.3 Å². The lowest BCUT2D eigenvalue weighted by molar-refractivity contribution is 0.0936. The number of hydrogen-bond donors (Lipinski definition) is 1. The van der Waals surface area contributed by atoms with Crippen LogP contribution in [0.3, 0.4) is 0 Å². The molecule has 1 atom stereocenters. The van der Waals surface area contributed by atoms with Crippen LogP contribution < -0.4 is 10.1 Å². The molecule has 0 aliphatic carbocycles. The Morgan fingerprint density at radius 3 is 3.11 bits per heavy atom. The third kappa shape index (κ3) is 3.78. The second-order valence-corrected chi connectivity index (χ2v) is 7.83. The Hall–Kier alpha value is -2.34. The van der Waals surface area contributed by atoms with Crippen LogP contribution in [0.4, 0.5) is 0 Å². The number of amides is 1. The Kier molecular flexibility index (Phi) is 5.67. The summed E-state index contributed by atoms with van der Waals surface area (Å²) in [6.45, 7) is 7.45. The maximum absolute atomic E-state index is 12.6. The molecule has 6 nitrogen and oxygen atoms in total. The van der Waals surface area contributed by atoms with Crippen LogP contribution in [0, 0.1) is 6.92 Å². The van der Waals surface area contributed by atoms with Crippen molar-refractivity contribution in [3.05, 3.63) is 35.0 Å². The van der Waals surface area contributed by atoms with E-state index >= 15 is 0 Å². The lowest BCUT2D eigenvalue weighted by Gasteiger charge is -2.35. The minimum atomic E-state index is -0.185. The number of aryl methyl sites for hydroxylation is 1. The Morgan fingerprint density at radius 1 is 1.36 bits per heavy atom. The molecule has 1 N–H and O–H groups in total. The number of carbonyl (C=O) groups is 1.